The second-order valence-electron chi connectivity index (χ2n) is 4.71. The number of alkyl halides is 10. The molecule has 15 heteroatoms. The average Bonchev–Trinajstić information content (AvgIpc) is 2.45. The van der Waals surface area contributed by atoms with Crippen LogP contribution < -0.4 is 0 Å². The summed E-state index contributed by atoms with van der Waals surface area (Å²) in [6.07, 6.45) is -7.09. The molecule has 1 aromatic rings. The Balaban J connectivity index is 3.21. The molecular formula is C11H8F9IO4S. The number of hydrogen-bond donors (Lipinski definition) is 1. The molecule has 0 aliphatic carbocycles. The Labute approximate surface area is 148 Å². The zero-order valence-electron chi connectivity index (χ0n) is 12.2. The van der Waals surface area contributed by atoms with Crippen molar-refractivity contribution in [3.05, 3.63) is 29.8 Å². The molecule has 1 N–H and O–H groups in total. The first-order valence-electron chi connectivity index (χ1n) is 5.99. The molecule has 152 valence electrons. The Morgan fingerprint density at radius 2 is 1.31 bits per heavy atom. The van der Waals surface area contributed by atoms with E-state index in [1.165, 1.54) is 6.92 Å². The van der Waals surface area contributed by atoms with Crippen LogP contribution in [0.5, 0.6) is 0 Å². The molecule has 0 saturated carbocycles. The second-order valence-corrected chi connectivity index (χ2v) is 9.96. The normalized spacial score (nSPS) is 15.1. The van der Waals surface area contributed by atoms with Crippen LogP contribution >= 0.6 is 20.6 Å². The van der Waals surface area contributed by atoms with Crippen molar-refractivity contribution in [2.45, 2.75) is 33.8 Å². The monoisotopic (exact) mass is 534 g/mol. The van der Waals surface area contributed by atoms with E-state index in [4.69, 9.17) is 3.44 Å². The first kappa shape index (κ1) is 23.2. The minimum atomic E-state index is -7.25. The van der Waals surface area contributed by atoms with E-state index in [9.17, 15) is 47.9 Å². The molecule has 26 heavy (non-hydrogen) atoms. The van der Waals surface area contributed by atoms with E-state index in [0.717, 1.165) is 24.3 Å². The van der Waals surface area contributed by atoms with Crippen LogP contribution in [0.15, 0.2) is 29.2 Å². The molecule has 0 amide bonds. The first-order chi connectivity index (χ1) is 11.4. The number of rotatable bonds is 6. The summed E-state index contributed by atoms with van der Waals surface area (Å²) in [5, 5.41) is 0. The van der Waals surface area contributed by atoms with Crippen LogP contribution in [0, 0.1) is 6.92 Å². The second kappa shape index (κ2) is 6.97. The number of aryl methyl sites for hydroxylation is 1. The van der Waals surface area contributed by atoms with E-state index >= 15 is 0 Å². The quantitative estimate of drug-likeness (QED) is 0.333. The summed E-state index contributed by atoms with van der Waals surface area (Å²) >= 11 is -6.38. The van der Waals surface area contributed by atoms with Gasteiger partial charge < -0.3 is 0 Å². The fourth-order valence-corrected chi connectivity index (χ4v) is 5.66. The van der Waals surface area contributed by atoms with Crippen LogP contribution in [0.25, 0.3) is 0 Å². The number of hydrogen-bond acceptors (Lipinski definition) is 4. The number of benzene rings is 1. The van der Waals surface area contributed by atoms with Gasteiger partial charge in [-0.1, -0.05) is 0 Å². The Morgan fingerprint density at radius 1 is 0.885 bits per heavy atom. The molecule has 4 nitrogen and oxygen atoms in total. The molecular weight excluding hydrogens is 526 g/mol. The van der Waals surface area contributed by atoms with Crippen molar-refractivity contribution in [1.29, 1.82) is 0 Å². The topological polar surface area (TPSA) is 63.6 Å². The van der Waals surface area contributed by atoms with Gasteiger partial charge in [0.1, 0.15) is 0 Å². The standard InChI is InChI=1S/C11H8F9IO4S/c1-6-2-4-7(5-3-6)26(23,24)25-21(22)11(19,20)9(14,15)8(12,13)10(16,17)18/h2-5,22H,1H3. The van der Waals surface area contributed by atoms with Gasteiger partial charge in [-0.05, 0) is 0 Å². The van der Waals surface area contributed by atoms with Crippen molar-refractivity contribution >= 4 is 30.8 Å². The van der Waals surface area contributed by atoms with Crippen molar-refractivity contribution in [3.8, 4) is 0 Å². The summed E-state index contributed by atoms with van der Waals surface area (Å²) < 4.78 is 144. The van der Waals surface area contributed by atoms with Gasteiger partial charge in [-0.15, -0.1) is 0 Å². The zero-order valence-corrected chi connectivity index (χ0v) is 15.1. The third kappa shape index (κ3) is 4.04. The van der Waals surface area contributed by atoms with Gasteiger partial charge in [0, 0.05) is 0 Å². The van der Waals surface area contributed by atoms with Crippen LogP contribution in [0.3, 0.4) is 0 Å². The molecule has 0 spiro atoms. The van der Waals surface area contributed by atoms with Crippen molar-refractivity contribution in [2.75, 3.05) is 0 Å². The van der Waals surface area contributed by atoms with Gasteiger partial charge in [0.05, 0.1) is 0 Å². The van der Waals surface area contributed by atoms with E-state index in [2.05, 4.69) is 2.51 Å². The molecule has 0 aromatic heterocycles. The van der Waals surface area contributed by atoms with Crippen molar-refractivity contribution in [2.24, 2.45) is 0 Å². The molecule has 0 aliphatic rings. The Kier molecular flexibility index (Phi) is 6.23. The zero-order chi connectivity index (χ0) is 20.8. The predicted octanol–water partition coefficient (Wildman–Crippen LogP) is 4.45. The summed E-state index contributed by atoms with van der Waals surface area (Å²) in [4.78, 5) is -0.902. The summed E-state index contributed by atoms with van der Waals surface area (Å²) in [6.45, 7) is 1.48. The average molecular weight is 534 g/mol. The third-order valence-corrected chi connectivity index (χ3v) is 8.17. The van der Waals surface area contributed by atoms with Gasteiger partial charge in [-0.2, -0.15) is 0 Å². The van der Waals surface area contributed by atoms with Crippen LogP contribution in [-0.4, -0.2) is 33.8 Å². The Morgan fingerprint density at radius 3 is 1.69 bits per heavy atom. The van der Waals surface area contributed by atoms with Crippen LogP contribution in [0.4, 0.5) is 39.5 Å². The van der Waals surface area contributed by atoms with Gasteiger partial charge in [0.15, 0.2) is 0 Å². The molecule has 0 atom stereocenters. The van der Waals surface area contributed by atoms with Gasteiger partial charge >= 0.3 is 148 Å². The molecule has 0 unspecified atom stereocenters. The van der Waals surface area contributed by atoms with Crippen LogP contribution in [0.1, 0.15) is 5.56 Å². The fraction of sp³-hybridized carbons (Fsp3) is 0.455. The van der Waals surface area contributed by atoms with E-state index in [-0.39, 0.29) is 0 Å². The number of halogens is 10. The summed E-state index contributed by atoms with van der Waals surface area (Å²) in [7, 11) is -5.32. The third-order valence-electron chi connectivity index (χ3n) is 2.76. The van der Waals surface area contributed by atoms with E-state index < -0.39 is 57.6 Å². The Bertz CT molecular complexity index is 746. The van der Waals surface area contributed by atoms with Crippen LogP contribution in [0.2, 0.25) is 0 Å². The maximum absolute atomic E-state index is 13.4. The summed E-state index contributed by atoms with van der Waals surface area (Å²) in [5.41, 5.74) is 0.477. The first-order valence-corrected chi connectivity index (χ1v) is 10.3. The molecule has 0 saturated heterocycles. The van der Waals surface area contributed by atoms with E-state index in [1.807, 2.05) is 0 Å². The molecule has 1 aromatic carbocycles. The molecule has 0 aliphatic heterocycles. The maximum atomic E-state index is 13.4. The molecule has 0 bridgehead atoms. The molecule has 0 heterocycles. The Hall–Kier alpha value is -0.810. The van der Waals surface area contributed by atoms with E-state index in [0.29, 0.717) is 5.56 Å². The van der Waals surface area contributed by atoms with Crippen molar-refractivity contribution in [3.63, 3.8) is 0 Å². The van der Waals surface area contributed by atoms with Gasteiger partial charge in [-0.3, -0.25) is 0 Å². The predicted molar refractivity (Wildman–Crippen MR) is 76.6 cm³/mol. The van der Waals surface area contributed by atoms with Crippen molar-refractivity contribution < 1.29 is 53.9 Å². The van der Waals surface area contributed by atoms with Gasteiger partial charge in [-0.25, -0.2) is 0 Å². The van der Waals surface area contributed by atoms with Crippen LogP contribution in [-0.2, 0) is 12.6 Å². The summed E-state index contributed by atoms with van der Waals surface area (Å²) in [6, 6.07) is 3.76. The SMILES string of the molecule is Cc1ccc(S(=O)(=O)OI(O)C(F)(F)C(F)(F)C(F)(F)C(F)(F)F)cc1. The molecule has 1 rings (SSSR count). The fourth-order valence-electron chi connectivity index (χ4n) is 1.32. The molecule has 0 radical (unpaired) electrons. The van der Waals surface area contributed by atoms with Gasteiger partial charge in [0.25, 0.3) is 0 Å². The van der Waals surface area contributed by atoms with Gasteiger partial charge in [0.2, 0.25) is 0 Å². The molecule has 0 fully saturated rings. The van der Waals surface area contributed by atoms with E-state index in [1.54, 1.807) is 0 Å². The summed E-state index contributed by atoms with van der Waals surface area (Å²) in [5.74, 6) is -14.4. The van der Waals surface area contributed by atoms with Crippen molar-refractivity contribution in [1.82, 2.24) is 0 Å². The minimum absolute atomic E-state index is 0.477.